The summed E-state index contributed by atoms with van der Waals surface area (Å²) in [5.41, 5.74) is 9.66. The van der Waals surface area contributed by atoms with Crippen molar-refractivity contribution >= 4 is 39.9 Å². The minimum Gasteiger partial charge on any atom is -0.464 e. The average Bonchev–Trinajstić information content (AvgIpc) is 3.17. The van der Waals surface area contributed by atoms with E-state index in [0.29, 0.717) is 17.2 Å². The van der Waals surface area contributed by atoms with Gasteiger partial charge in [-0.2, -0.15) is 0 Å². The zero-order valence-electron chi connectivity index (χ0n) is 14.9. The molecular weight excluding hydrogens is 352 g/mol. The van der Waals surface area contributed by atoms with Gasteiger partial charge in [0.05, 0.1) is 12.0 Å². The molecule has 2 amide bonds. The van der Waals surface area contributed by atoms with E-state index in [4.69, 9.17) is 10.2 Å². The number of urea groups is 1. The van der Waals surface area contributed by atoms with Crippen LogP contribution in [0.4, 0.5) is 21.9 Å². The van der Waals surface area contributed by atoms with Gasteiger partial charge >= 0.3 is 6.03 Å². The van der Waals surface area contributed by atoms with Crippen molar-refractivity contribution in [3.05, 3.63) is 90.7 Å². The van der Waals surface area contributed by atoms with E-state index < -0.39 is 0 Å². The average molecular weight is 370 g/mol. The SMILES string of the molecule is NC(=Nc1ccccc1)c1cccc(NC(=O)Nc2ccc3occc3c2)c1. The van der Waals surface area contributed by atoms with E-state index in [0.717, 1.165) is 22.2 Å². The zero-order valence-corrected chi connectivity index (χ0v) is 14.9. The van der Waals surface area contributed by atoms with Crippen molar-refractivity contribution in [1.29, 1.82) is 0 Å². The lowest BCUT2D eigenvalue weighted by atomic mass is 10.2. The number of nitrogens with zero attached hydrogens (tertiary/aromatic N) is 1. The van der Waals surface area contributed by atoms with Crippen molar-refractivity contribution in [1.82, 2.24) is 0 Å². The molecule has 3 aromatic carbocycles. The normalized spacial score (nSPS) is 11.4. The number of amidine groups is 1. The molecule has 6 nitrogen and oxygen atoms in total. The number of benzene rings is 3. The Morgan fingerprint density at radius 1 is 0.857 bits per heavy atom. The summed E-state index contributed by atoms with van der Waals surface area (Å²) in [5, 5.41) is 6.54. The van der Waals surface area contributed by atoms with Crippen LogP contribution in [0.25, 0.3) is 11.0 Å². The van der Waals surface area contributed by atoms with Gasteiger partial charge < -0.3 is 20.8 Å². The van der Waals surface area contributed by atoms with Crippen LogP contribution in [0.15, 0.2) is 94.5 Å². The smallest absolute Gasteiger partial charge is 0.323 e. The fourth-order valence-corrected chi connectivity index (χ4v) is 2.80. The van der Waals surface area contributed by atoms with Crippen LogP contribution < -0.4 is 16.4 Å². The number of carbonyl (C=O) groups is 1. The summed E-state index contributed by atoms with van der Waals surface area (Å²) in [4.78, 5) is 16.7. The summed E-state index contributed by atoms with van der Waals surface area (Å²) in [6.07, 6.45) is 1.61. The second-order valence-electron chi connectivity index (χ2n) is 6.17. The lowest BCUT2D eigenvalue weighted by Crippen LogP contribution is -2.20. The number of nitrogens with one attached hydrogen (secondary N) is 2. The number of rotatable bonds is 4. The molecule has 4 aromatic rings. The monoisotopic (exact) mass is 370 g/mol. The Morgan fingerprint density at radius 3 is 2.46 bits per heavy atom. The quantitative estimate of drug-likeness (QED) is 0.344. The Hall–Kier alpha value is -4.06. The molecule has 0 atom stereocenters. The number of furan rings is 1. The van der Waals surface area contributed by atoms with Crippen LogP contribution in [0.5, 0.6) is 0 Å². The molecule has 4 N–H and O–H groups in total. The molecule has 4 rings (SSSR count). The minimum absolute atomic E-state index is 0.349. The van der Waals surface area contributed by atoms with Crippen molar-refractivity contribution in [2.75, 3.05) is 10.6 Å². The summed E-state index contributed by atoms with van der Waals surface area (Å²) in [7, 11) is 0. The predicted molar refractivity (Wildman–Crippen MR) is 112 cm³/mol. The van der Waals surface area contributed by atoms with Gasteiger partial charge in [0.1, 0.15) is 11.4 Å². The summed E-state index contributed by atoms with van der Waals surface area (Å²) in [6.45, 7) is 0. The lowest BCUT2D eigenvalue weighted by Gasteiger charge is -2.09. The van der Waals surface area contributed by atoms with E-state index in [1.807, 2.05) is 60.7 Å². The highest BCUT2D eigenvalue weighted by atomic mass is 16.3. The van der Waals surface area contributed by atoms with Gasteiger partial charge in [0.25, 0.3) is 0 Å². The molecule has 0 fully saturated rings. The van der Waals surface area contributed by atoms with Gasteiger partial charge in [-0.3, -0.25) is 0 Å². The van der Waals surface area contributed by atoms with Gasteiger partial charge in [0.2, 0.25) is 0 Å². The Kier molecular flexibility index (Phi) is 4.76. The second kappa shape index (κ2) is 7.67. The van der Waals surface area contributed by atoms with Crippen LogP contribution in [0.1, 0.15) is 5.56 Å². The third kappa shape index (κ3) is 4.02. The van der Waals surface area contributed by atoms with E-state index in [1.165, 1.54) is 0 Å². The van der Waals surface area contributed by atoms with Gasteiger partial charge in [-0.05, 0) is 48.5 Å². The number of para-hydroxylation sites is 1. The van der Waals surface area contributed by atoms with Crippen LogP contribution in [0.2, 0.25) is 0 Å². The molecule has 0 aliphatic rings. The van der Waals surface area contributed by atoms with Gasteiger partial charge in [0, 0.05) is 22.3 Å². The van der Waals surface area contributed by atoms with Gasteiger partial charge in [-0.15, -0.1) is 0 Å². The molecule has 0 spiro atoms. The van der Waals surface area contributed by atoms with Crippen LogP contribution >= 0.6 is 0 Å². The maximum absolute atomic E-state index is 12.3. The van der Waals surface area contributed by atoms with E-state index in [-0.39, 0.29) is 6.03 Å². The number of nitrogens with two attached hydrogens (primary N) is 1. The number of hydrogen-bond acceptors (Lipinski definition) is 3. The zero-order chi connectivity index (χ0) is 19.3. The van der Waals surface area contributed by atoms with Crippen LogP contribution in [-0.2, 0) is 0 Å². The van der Waals surface area contributed by atoms with E-state index >= 15 is 0 Å². The van der Waals surface area contributed by atoms with Crippen LogP contribution in [0.3, 0.4) is 0 Å². The third-order valence-corrected chi connectivity index (χ3v) is 4.13. The van der Waals surface area contributed by atoms with Gasteiger partial charge in [-0.25, -0.2) is 9.79 Å². The first-order chi connectivity index (χ1) is 13.7. The fourth-order valence-electron chi connectivity index (χ4n) is 2.80. The minimum atomic E-state index is -0.349. The number of carbonyl (C=O) groups excluding carboxylic acids is 1. The maximum Gasteiger partial charge on any atom is 0.323 e. The van der Waals surface area contributed by atoms with Crippen molar-refractivity contribution in [2.45, 2.75) is 0 Å². The summed E-state index contributed by atoms with van der Waals surface area (Å²) in [6, 6.07) is 23.6. The molecule has 28 heavy (non-hydrogen) atoms. The Labute approximate surface area is 161 Å². The molecule has 1 aromatic heterocycles. The molecule has 1 heterocycles. The van der Waals surface area contributed by atoms with Crippen LogP contribution in [0, 0.1) is 0 Å². The number of amides is 2. The fraction of sp³-hybridized carbons (Fsp3) is 0. The largest absolute Gasteiger partial charge is 0.464 e. The van der Waals surface area contributed by atoms with Gasteiger partial charge in [-0.1, -0.05) is 30.3 Å². The number of aliphatic imine (C=N–C) groups is 1. The van der Waals surface area contributed by atoms with Crippen molar-refractivity contribution in [2.24, 2.45) is 10.7 Å². The third-order valence-electron chi connectivity index (χ3n) is 4.13. The summed E-state index contributed by atoms with van der Waals surface area (Å²) < 4.78 is 5.30. The number of hydrogen-bond donors (Lipinski definition) is 3. The molecule has 138 valence electrons. The lowest BCUT2D eigenvalue weighted by molar-refractivity contribution is 0.262. The molecule has 0 saturated heterocycles. The number of anilines is 2. The molecule has 0 saturated carbocycles. The summed E-state index contributed by atoms with van der Waals surface area (Å²) in [5.74, 6) is 0.376. The molecule has 0 unspecified atom stereocenters. The molecular formula is C22H18N4O2. The molecule has 0 aliphatic carbocycles. The highest BCUT2D eigenvalue weighted by Gasteiger charge is 2.06. The molecule has 6 heteroatoms. The van der Waals surface area contributed by atoms with E-state index in [2.05, 4.69) is 15.6 Å². The first-order valence-corrected chi connectivity index (χ1v) is 8.72. The van der Waals surface area contributed by atoms with E-state index in [9.17, 15) is 4.79 Å². The maximum atomic E-state index is 12.3. The first-order valence-electron chi connectivity index (χ1n) is 8.72. The molecule has 0 bridgehead atoms. The first kappa shape index (κ1) is 17.4. The topological polar surface area (TPSA) is 92.6 Å². The van der Waals surface area contributed by atoms with Crippen molar-refractivity contribution < 1.29 is 9.21 Å². The second-order valence-corrected chi connectivity index (χ2v) is 6.17. The predicted octanol–water partition coefficient (Wildman–Crippen LogP) is 5.11. The van der Waals surface area contributed by atoms with Crippen molar-refractivity contribution in [3.8, 4) is 0 Å². The summed E-state index contributed by atoms with van der Waals surface area (Å²) >= 11 is 0. The Balaban J connectivity index is 1.46. The van der Waals surface area contributed by atoms with Crippen molar-refractivity contribution in [3.63, 3.8) is 0 Å². The molecule has 0 aliphatic heterocycles. The Morgan fingerprint density at radius 2 is 1.64 bits per heavy atom. The molecule has 0 radical (unpaired) electrons. The van der Waals surface area contributed by atoms with E-state index in [1.54, 1.807) is 24.5 Å². The highest BCUT2D eigenvalue weighted by molar-refractivity contribution is 6.03. The van der Waals surface area contributed by atoms with Gasteiger partial charge in [0.15, 0.2) is 0 Å². The Bertz CT molecular complexity index is 1150. The highest BCUT2D eigenvalue weighted by Crippen LogP contribution is 2.20. The standard InChI is InChI=1S/C22H18N4O2/c23-21(24-17-6-2-1-3-7-17)16-5-4-8-18(14-16)25-22(27)26-19-9-10-20-15(13-19)11-12-28-20/h1-14H,(H2,23,24)(H2,25,26,27). The number of fused-ring (bicyclic) bond motifs is 1. The van der Waals surface area contributed by atoms with Crippen LogP contribution in [-0.4, -0.2) is 11.9 Å².